The lowest BCUT2D eigenvalue weighted by Crippen LogP contribution is -2.05. The maximum absolute atomic E-state index is 9.21. The minimum atomic E-state index is 0.0648. The summed E-state index contributed by atoms with van der Waals surface area (Å²) in [6, 6.07) is 0. The maximum atomic E-state index is 9.21. The molecular weight excluding hydrogens is 100 g/mol. The van der Waals surface area contributed by atoms with Crippen LogP contribution in [-0.4, -0.2) is 11.2 Å². The van der Waals surface area contributed by atoms with Gasteiger partial charge in [-0.2, -0.15) is 0 Å². The fourth-order valence-electron chi connectivity index (χ4n) is 2.06. The molecule has 0 amide bonds. The highest BCUT2D eigenvalue weighted by Crippen LogP contribution is 2.54. The molecule has 0 bridgehead atoms. The van der Waals surface area contributed by atoms with Crippen molar-refractivity contribution in [2.24, 2.45) is 17.8 Å². The zero-order chi connectivity index (χ0) is 5.72. The van der Waals surface area contributed by atoms with Crippen molar-refractivity contribution in [2.75, 3.05) is 0 Å². The first-order valence-electron chi connectivity index (χ1n) is 3.47. The average molecular weight is 112 g/mol. The third-order valence-corrected chi connectivity index (χ3v) is 2.73. The lowest BCUT2D eigenvalue weighted by Gasteiger charge is -2.04. The van der Waals surface area contributed by atoms with Gasteiger partial charge >= 0.3 is 0 Å². The lowest BCUT2D eigenvalue weighted by molar-refractivity contribution is 0.153. The molecule has 0 aliphatic heterocycles. The van der Waals surface area contributed by atoms with Gasteiger partial charge in [-0.3, -0.25) is 0 Å². The Morgan fingerprint density at radius 2 is 2.00 bits per heavy atom. The van der Waals surface area contributed by atoms with Crippen LogP contribution in [0.1, 0.15) is 19.8 Å². The minimum Gasteiger partial charge on any atom is -0.393 e. The molecule has 0 aromatic rings. The van der Waals surface area contributed by atoms with Crippen LogP contribution in [0.2, 0.25) is 0 Å². The first-order valence-corrected chi connectivity index (χ1v) is 3.47. The van der Waals surface area contributed by atoms with Crippen LogP contribution < -0.4 is 0 Å². The van der Waals surface area contributed by atoms with Crippen LogP contribution in [0.25, 0.3) is 0 Å². The molecule has 2 rings (SSSR count). The fraction of sp³-hybridized carbons (Fsp3) is 1.00. The highest BCUT2D eigenvalue weighted by Gasteiger charge is 2.51. The van der Waals surface area contributed by atoms with E-state index in [1.54, 1.807) is 0 Å². The van der Waals surface area contributed by atoms with E-state index in [9.17, 15) is 5.11 Å². The minimum absolute atomic E-state index is 0.0648. The Kier molecular flexibility index (Phi) is 0.762. The van der Waals surface area contributed by atoms with E-state index in [0.29, 0.717) is 5.92 Å². The molecule has 0 unspecified atom stereocenters. The largest absolute Gasteiger partial charge is 0.393 e. The smallest absolute Gasteiger partial charge is 0.0573 e. The molecule has 4 atom stereocenters. The third kappa shape index (κ3) is 0.455. The second-order valence-electron chi connectivity index (χ2n) is 3.34. The predicted octanol–water partition coefficient (Wildman–Crippen LogP) is 1.02. The van der Waals surface area contributed by atoms with Crippen LogP contribution in [-0.2, 0) is 0 Å². The van der Waals surface area contributed by atoms with Gasteiger partial charge in [-0.05, 0) is 30.6 Å². The summed E-state index contributed by atoms with van der Waals surface area (Å²) in [5, 5.41) is 9.21. The number of rotatable bonds is 0. The van der Waals surface area contributed by atoms with Crippen molar-refractivity contribution in [3.63, 3.8) is 0 Å². The topological polar surface area (TPSA) is 20.2 Å². The van der Waals surface area contributed by atoms with E-state index in [1.807, 2.05) is 0 Å². The van der Waals surface area contributed by atoms with Gasteiger partial charge in [0.2, 0.25) is 0 Å². The first kappa shape index (κ1) is 4.80. The van der Waals surface area contributed by atoms with Crippen molar-refractivity contribution in [3.05, 3.63) is 0 Å². The second-order valence-corrected chi connectivity index (χ2v) is 3.34. The van der Waals surface area contributed by atoms with Gasteiger partial charge in [-0.15, -0.1) is 0 Å². The molecular formula is C7H12O. The molecule has 2 saturated carbocycles. The first-order chi connectivity index (χ1) is 3.79. The quantitative estimate of drug-likeness (QED) is 0.496. The molecule has 0 aromatic carbocycles. The molecule has 0 radical (unpaired) electrons. The van der Waals surface area contributed by atoms with Crippen molar-refractivity contribution in [1.29, 1.82) is 0 Å². The molecule has 8 heavy (non-hydrogen) atoms. The molecule has 0 heterocycles. The standard InChI is InChI=1S/C7H12O/c1-4-2-7(8)6-3-5(4)6/h4-8H,2-3H2,1H3/t4-,5-,6-,7+/m1/s1. The second kappa shape index (κ2) is 1.27. The Morgan fingerprint density at radius 1 is 1.25 bits per heavy atom. The molecule has 1 heteroatoms. The Hall–Kier alpha value is -0.0400. The van der Waals surface area contributed by atoms with Crippen molar-refractivity contribution in [3.8, 4) is 0 Å². The van der Waals surface area contributed by atoms with Crippen LogP contribution in [0.4, 0.5) is 0 Å². The normalized spacial score (nSPS) is 60.8. The lowest BCUT2D eigenvalue weighted by atomic mass is 10.1. The molecule has 0 saturated heterocycles. The van der Waals surface area contributed by atoms with Gasteiger partial charge in [0.1, 0.15) is 0 Å². The van der Waals surface area contributed by atoms with Crippen molar-refractivity contribution in [1.82, 2.24) is 0 Å². The monoisotopic (exact) mass is 112 g/mol. The summed E-state index contributed by atoms with van der Waals surface area (Å²) >= 11 is 0. The summed E-state index contributed by atoms with van der Waals surface area (Å²) < 4.78 is 0. The van der Waals surface area contributed by atoms with E-state index in [-0.39, 0.29) is 6.10 Å². The number of aliphatic hydroxyl groups is 1. The van der Waals surface area contributed by atoms with Gasteiger partial charge in [0.25, 0.3) is 0 Å². The van der Waals surface area contributed by atoms with Crippen molar-refractivity contribution in [2.45, 2.75) is 25.9 Å². The van der Waals surface area contributed by atoms with Gasteiger partial charge in [0.05, 0.1) is 6.10 Å². The molecule has 1 N–H and O–H groups in total. The number of hydrogen-bond donors (Lipinski definition) is 1. The van der Waals surface area contributed by atoms with E-state index in [2.05, 4.69) is 6.92 Å². The van der Waals surface area contributed by atoms with E-state index in [0.717, 1.165) is 18.3 Å². The van der Waals surface area contributed by atoms with Gasteiger partial charge < -0.3 is 5.11 Å². The molecule has 46 valence electrons. The molecule has 1 nitrogen and oxygen atoms in total. The molecule has 2 fully saturated rings. The van der Waals surface area contributed by atoms with E-state index in [1.165, 1.54) is 6.42 Å². The summed E-state index contributed by atoms with van der Waals surface area (Å²) in [4.78, 5) is 0. The fourth-order valence-corrected chi connectivity index (χ4v) is 2.06. The molecule has 0 aromatic heterocycles. The average Bonchev–Trinajstić information content (AvgIpc) is 2.35. The molecule has 2 aliphatic carbocycles. The van der Waals surface area contributed by atoms with E-state index < -0.39 is 0 Å². The highest BCUT2D eigenvalue weighted by atomic mass is 16.3. The molecule has 0 spiro atoms. The number of hydrogen-bond acceptors (Lipinski definition) is 1. The Morgan fingerprint density at radius 3 is 2.12 bits per heavy atom. The SMILES string of the molecule is C[C@@H]1C[C@H](O)[C@@H]2C[C@@H]21. The predicted molar refractivity (Wildman–Crippen MR) is 31.4 cm³/mol. The summed E-state index contributed by atoms with van der Waals surface area (Å²) in [7, 11) is 0. The van der Waals surface area contributed by atoms with Crippen LogP contribution in [0.15, 0.2) is 0 Å². The Bertz CT molecular complexity index is 95.0. The van der Waals surface area contributed by atoms with Gasteiger partial charge in [-0.25, -0.2) is 0 Å². The summed E-state index contributed by atoms with van der Waals surface area (Å²) in [5.74, 6) is 2.44. The summed E-state index contributed by atoms with van der Waals surface area (Å²) in [6.45, 7) is 2.25. The maximum Gasteiger partial charge on any atom is 0.0573 e. The zero-order valence-corrected chi connectivity index (χ0v) is 5.17. The van der Waals surface area contributed by atoms with Crippen LogP contribution in [0, 0.1) is 17.8 Å². The Balaban J connectivity index is 2.09. The van der Waals surface area contributed by atoms with Crippen molar-refractivity contribution >= 4 is 0 Å². The van der Waals surface area contributed by atoms with Gasteiger partial charge in [0.15, 0.2) is 0 Å². The highest BCUT2D eigenvalue weighted by molar-refractivity contribution is 5.01. The van der Waals surface area contributed by atoms with E-state index >= 15 is 0 Å². The van der Waals surface area contributed by atoms with Crippen LogP contribution >= 0.6 is 0 Å². The Labute approximate surface area is 49.7 Å². The van der Waals surface area contributed by atoms with Crippen molar-refractivity contribution < 1.29 is 5.11 Å². The van der Waals surface area contributed by atoms with Crippen LogP contribution in [0.3, 0.4) is 0 Å². The van der Waals surface area contributed by atoms with Gasteiger partial charge in [-0.1, -0.05) is 6.92 Å². The van der Waals surface area contributed by atoms with E-state index in [4.69, 9.17) is 0 Å². The van der Waals surface area contributed by atoms with Gasteiger partial charge in [0, 0.05) is 0 Å². The van der Waals surface area contributed by atoms with Crippen LogP contribution in [0.5, 0.6) is 0 Å². The molecule has 2 aliphatic rings. The zero-order valence-electron chi connectivity index (χ0n) is 5.17. The number of aliphatic hydroxyl groups excluding tert-OH is 1. The number of fused-ring (bicyclic) bond motifs is 1. The summed E-state index contributed by atoms with van der Waals surface area (Å²) in [5.41, 5.74) is 0. The summed E-state index contributed by atoms with van der Waals surface area (Å²) in [6.07, 6.45) is 2.44. The third-order valence-electron chi connectivity index (χ3n) is 2.73.